The van der Waals surface area contributed by atoms with Crippen molar-refractivity contribution in [2.24, 2.45) is 0 Å². The third-order valence-corrected chi connectivity index (χ3v) is 2.57. The van der Waals surface area contributed by atoms with E-state index in [0.717, 1.165) is 6.42 Å². The lowest BCUT2D eigenvalue weighted by atomic mass is 10.2. The van der Waals surface area contributed by atoms with Crippen molar-refractivity contribution in [3.8, 4) is 0 Å². The number of nitrogens with zero attached hydrogens (tertiary/aromatic N) is 2. The molecule has 1 amide bonds. The van der Waals surface area contributed by atoms with Crippen LogP contribution >= 0.6 is 0 Å². The number of hydrogen-bond donors (Lipinski definition) is 0. The molecule has 0 spiro atoms. The van der Waals surface area contributed by atoms with Gasteiger partial charge in [-0.2, -0.15) is 0 Å². The van der Waals surface area contributed by atoms with E-state index in [4.69, 9.17) is 0 Å². The van der Waals surface area contributed by atoms with Crippen LogP contribution in [-0.4, -0.2) is 30.5 Å². The number of anilines is 1. The van der Waals surface area contributed by atoms with E-state index in [2.05, 4.69) is 9.72 Å². The second kappa shape index (κ2) is 4.30. The Bertz CT molecular complexity index is 431. The molecule has 1 aliphatic rings. The molecule has 0 atom stereocenters. The molecule has 0 radical (unpaired) electrons. The number of methoxy groups -OCH3 is 1. The summed E-state index contributed by atoms with van der Waals surface area (Å²) in [6.45, 7) is 0.633. The zero-order valence-corrected chi connectivity index (χ0v) is 8.97. The van der Waals surface area contributed by atoms with Crippen LogP contribution in [0.2, 0.25) is 0 Å². The SMILES string of the molecule is COC(=O)c1ccncc1N1CCCC1=O. The van der Waals surface area contributed by atoms with Crippen molar-refractivity contribution in [2.45, 2.75) is 12.8 Å². The summed E-state index contributed by atoms with van der Waals surface area (Å²) >= 11 is 0. The number of rotatable bonds is 2. The minimum Gasteiger partial charge on any atom is -0.465 e. The molecule has 0 aromatic carbocycles. The Morgan fingerprint density at radius 3 is 3.00 bits per heavy atom. The Labute approximate surface area is 93.0 Å². The smallest absolute Gasteiger partial charge is 0.340 e. The number of esters is 1. The number of hydrogen-bond acceptors (Lipinski definition) is 4. The molecule has 1 aliphatic heterocycles. The maximum atomic E-state index is 11.6. The van der Waals surface area contributed by atoms with Gasteiger partial charge < -0.3 is 9.64 Å². The topological polar surface area (TPSA) is 59.5 Å². The summed E-state index contributed by atoms with van der Waals surface area (Å²) in [6.07, 6.45) is 4.37. The maximum absolute atomic E-state index is 11.6. The van der Waals surface area contributed by atoms with Gasteiger partial charge in [0.2, 0.25) is 5.91 Å². The largest absolute Gasteiger partial charge is 0.465 e. The van der Waals surface area contributed by atoms with Crippen molar-refractivity contribution < 1.29 is 14.3 Å². The molecular formula is C11H12N2O3. The predicted molar refractivity (Wildman–Crippen MR) is 57.2 cm³/mol. The van der Waals surface area contributed by atoms with Gasteiger partial charge in [-0.25, -0.2) is 4.79 Å². The van der Waals surface area contributed by atoms with Gasteiger partial charge in [-0.15, -0.1) is 0 Å². The Hall–Kier alpha value is -1.91. The lowest BCUT2D eigenvalue weighted by molar-refractivity contribution is -0.117. The summed E-state index contributed by atoms with van der Waals surface area (Å²) in [5, 5.41) is 0. The van der Waals surface area contributed by atoms with Crippen LogP contribution in [0.3, 0.4) is 0 Å². The number of amides is 1. The standard InChI is InChI=1S/C11H12N2O3/c1-16-11(15)8-4-5-12-7-9(8)13-6-2-3-10(13)14/h4-5,7H,2-3,6H2,1H3. The third kappa shape index (κ3) is 1.76. The molecule has 84 valence electrons. The quantitative estimate of drug-likeness (QED) is 0.697. The molecule has 0 aliphatic carbocycles. The highest BCUT2D eigenvalue weighted by Gasteiger charge is 2.26. The molecule has 2 rings (SSSR count). The molecule has 1 aromatic heterocycles. The first kappa shape index (κ1) is 10.6. The first-order valence-corrected chi connectivity index (χ1v) is 5.06. The summed E-state index contributed by atoms with van der Waals surface area (Å²) < 4.78 is 4.67. The number of carbonyl (C=O) groups excluding carboxylic acids is 2. The third-order valence-electron chi connectivity index (χ3n) is 2.57. The van der Waals surface area contributed by atoms with Crippen LogP contribution in [0.5, 0.6) is 0 Å². The second-order valence-electron chi connectivity index (χ2n) is 3.53. The second-order valence-corrected chi connectivity index (χ2v) is 3.53. The van der Waals surface area contributed by atoms with Crippen molar-refractivity contribution in [2.75, 3.05) is 18.6 Å². The average Bonchev–Trinajstić information content (AvgIpc) is 2.74. The fourth-order valence-electron chi connectivity index (χ4n) is 1.79. The molecule has 0 saturated carbocycles. The molecular weight excluding hydrogens is 208 g/mol. The normalized spacial score (nSPS) is 15.3. The minimum atomic E-state index is -0.447. The van der Waals surface area contributed by atoms with Gasteiger partial charge >= 0.3 is 5.97 Å². The summed E-state index contributed by atoms with van der Waals surface area (Å²) in [4.78, 5) is 28.6. The van der Waals surface area contributed by atoms with Gasteiger partial charge in [0.1, 0.15) is 0 Å². The van der Waals surface area contributed by atoms with Crippen molar-refractivity contribution in [1.29, 1.82) is 0 Å². The molecule has 2 heterocycles. The number of aromatic nitrogens is 1. The van der Waals surface area contributed by atoms with Crippen LogP contribution in [0, 0.1) is 0 Å². The van der Waals surface area contributed by atoms with E-state index < -0.39 is 5.97 Å². The van der Waals surface area contributed by atoms with E-state index in [1.807, 2.05) is 0 Å². The molecule has 5 heteroatoms. The van der Waals surface area contributed by atoms with E-state index in [1.54, 1.807) is 11.0 Å². The van der Waals surface area contributed by atoms with E-state index in [1.165, 1.54) is 19.5 Å². The van der Waals surface area contributed by atoms with Crippen LogP contribution in [0.1, 0.15) is 23.2 Å². The fourth-order valence-corrected chi connectivity index (χ4v) is 1.79. The summed E-state index contributed by atoms with van der Waals surface area (Å²) in [7, 11) is 1.32. The summed E-state index contributed by atoms with van der Waals surface area (Å²) in [5.74, 6) is -0.421. The van der Waals surface area contributed by atoms with Crippen molar-refractivity contribution in [3.05, 3.63) is 24.0 Å². The van der Waals surface area contributed by atoms with Gasteiger partial charge in [-0.1, -0.05) is 0 Å². The van der Waals surface area contributed by atoms with Crippen LogP contribution in [0.15, 0.2) is 18.5 Å². The fraction of sp³-hybridized carbons (Fsp3) is 0.364. The maximum Gasteiger partial charge on any atom is 0.340 e. The molecule has 0 bridgehead atoms. The lowest BCUT2D eigenvalue weighted by Gasteiger charge is -2.17. The highest BCUT2D eigenvalue weighted by Crippen LogP contribution is 2.24. The molecule has 0 N–H and O–H groups in total. The Balaban J connectivity index is 2.40. The van der Waals surface area contributed by atoms with Crippen LogP contribution in [-0.2, 0) is 9.53 Å². The minimum absolute atomic E-state index is 0.0261. The molecule has 1 fully saturated rings. The molecule has 0 unspecified atom stereocenters. The zero-order valence-electron chi connectivity index (χ0n) is 8.97. The summed E-state index contributed by atoms with van der Waals surface area (Å²) in [5.41, 5.74) is 0.921. The zero-order chi connectivity index (χ0) is 11.5. The van der Waals surface area contributed by atoms with Crippen LogP contribution < -0.4 is 4.90 Å². The molecule has 5 nitrogen and oxygen atoms in total. The van der Waals surface area contributed by atoms with Crippen LogP contribution in [0.25, 0.3) is 0 Å². The van der Waals surface area contributed by atoms with Crippen LogP contribution in [0.4, 0.5) is 5.69 Å². The number of carbonyl (C=O) groups is 2. The van der Waals surface area contributed by atoms with Gasteiger partial charge in [0.15, 0.2) is 0 Å². The monoisotopic (exact) mass is 220 g/mol. The highest BCUT2D eigenvalue weighted by molar-refractivity contribution is 6.03. The molecule has 1 saturated heterocycles. The highest BCUT2D eigenvalue weighted by atomic mass is 16.5. The number of ether oxygens (including phenoxy) is 1. The van der Waals surface area contributed by atoms with Gasteiger partial charge in [0, 0.05) is 19.2 Å². The van der Waals surface area contributed by atoms with E-state index in [0.29, 0.717) is 24.2 Å². The predicted octanol–water partition coefficient (Wildman–Crippen LogP) is 0.995. The Morgan fingerprint density at radius 2 is 2.38 bits per heavy atom. The van der Waals surface area contributed by atoms with Gasteiger partial charge in [-0.3, -0.25) is 9.78 Å². The lowest BCUT2D eigenvalue weighted by Crippen LogP contribution is -2.26. The molecule has 16 heavy (non-hydrogen) atoms. The average molecular weight is 220 g/mol. The first-order valence-electron chi connectivity index (χ1n) is 5.06. The Morgan fingerprint density at radius 1 is 1.56 bits per heavy atom. The van der Waals surface area contributed by atoms with E-state index in [9.17, 15) is 9.59 Å². The Kier molecular flexibility index (Phi) is 2.85. The van der Waals surface area contributed by atoms with E-state index in [-0.39, 0.29) is 5.91 Å². The molecule has 1 aromatic rings. The number of pyridine rings is 1. The van der Waals surface area contributed by atoms with E-state index >= 15 is 0 Å². The van der Waals surface area contributed by atoms with Crippen molar-refractivity contribution >= 4 is 17.6 Å². The van der Waals surface area contributed by atoms with Crippen molar-refractivity contribution in [1.82, 2.24) is 4.98 Å². The van der Waals surface area contributed by atoms with Gasteiger partial charge in [0.25, 0.3) is 0 Å². The van der Waals surface area contributed by atoms with Gasteiger partial charge in [-0.05, 0) is 12.5 Å². The van der Waals surface area contributed by atoms with Gasteiger partial charge in [0.05, 0.1) is 24.6 Å². The van der Waals surface area contributed by atoms with Crippen molar-refractivity contribution in [3.63, 3.8) is 0 Å². The summed E-state index contributed by atoms with van der Waals surface area (Å²) in [6, 6.07) is 1.56. The first-order chi connectivity index (χ1) is 7.74.